The molecule has 0 spiro atoms. The normalized spacial score (nSPS) is 17.1. The second-order valence-electron chi connectivity index (χ2n) is 8.61. The maximum absolute atomic E-state index is 13.3. The van der Waals surface area contributed by atoms with Gasteiger partial charge in [-0.25, -0.2) is 0 Å². The van der Waals surface area contributed by atoms with Crippen molar-refractivity contribution in [3.8, 4) is 11.5 Å². The number of nitrogens with zero attached hydrogens (tertiary/aromatic N) is 1. The van der Waals surface area contributed by atoms with Crippen LogP contribution < -0.4 is 14.4 Å². The van der Waals surface area contributed by atoms with Crippen molar-refractivity contribution in [1.82, 2.24) is 0 Å². The van der Waals surface area contributed by atoms with Crippen LogP contribution in [-0.2, 0) is 9.59 Å². The summed E-state index contributed by atoms with van der Waals surface area (Å²) in [7, 11) is 0. The second-order valence-corrected chi connectivity index (χ2v) is 8.61. The van der Waals surface area contributed by atoms with E-state index >= 15 is 0 Å². The van der Waals surface area contributed by atoms with E-state index in [-0.39, 0.29) is 17.4 Å². The zero-order valence-electron chi connectivity index (χ0n) is 20.1. The predicted molar refractivity (Wildman–Crippen MR) is 136 cm³/mol. The largest absolute Gasteiger partial charge is 0.507 e. The zero-order chi connectivity index (χ0) is 24.9. The number of ketones is 1. The highest BCUT2D eigenvalue weighted by atomic mass is 16.5. The number of rotatable bonds is 8. The van der Waals surface area contributed by atoms with Crippen LogP contribution in [0.2, 0.25) is 0 Å². The summed E-state index contributed by atoms with van der Waals surface area (Å²) in [6, 6.07) is 22.4. The third-order valence-corrected chi connectivity index (χ3v) is 5.65. The molecule has 3 aromatic rings. The van der Waals surface area contributed by atoms with Crippen LogP contribution in [0.3, 0.4) is 0 Å². The third kappa shape index (κ3) is 5.06. The molecule has 0 radical (unpaired) electrons. The Morgan fingerprint density at radius 1 is 0.914 bits per heavy atom. The lowest BCUT2D eigenvalue weighted by atomic mass is 9.95. The van der Waals surface area contributed by atoms with Gasteiger partial charge in [0, 0.05) is 11.3 Å². The van der Waals surface area contributed by atoms with E-state index in [0.717, 1.165) is 12.0 Å². The number of carbonyl (C=O) groups excluding carboxylic acids is 2. The van der Waals surface area contributed by atoms with Gasteiger partial charge in [-0.1, -0.05) is 37.3 Å². The van der Waals surface area contributed by atoms with Gasteiger partial charge in [-0.3, -0.25) is 14.5 Å². The summed E-state index contributed by atoms with van der Waals surface area (Å²) in [5, 5.41) is 11.2. The number of aliphatic hydroxyl groups excluding tert-OH is 1. The van der Waals surface area contributed by atoms with E-state index in [1.807, 2.05) is 51.1 Å². The molecule has 1 saturated heterocycles. The predicted octanol–water partition coefficient (Wildman–Crippen LogP) is 5.89. The van der Waals surface area contributed by atoms with Gasteiger partial charge in [-0.2, -0.15) is 0 Å². The highest BCUT2D eigenvalue weighted by Gasteiger charge is 2.46. The molecule has 1 aliphatic rings. The molecule has 4 rings (SSSR count). The lowest BCUT2D eigenvalue weighted by molar-refractivity contribution is -0.132. The molecule has 1 fully saturated rings. The van der Waals surface area contributed by atoms with Crippen LogP contribution in [0.4, 0.5) is 5.69 Å². The lowest BCUT2D eigenvalue weighted by Crippen LogP contribution is -2.29. The Bertz CT molecular complexity index is 1210. The quantitative estimate of drug-likeness (QED) is 0.252. The van der Waals surface area contributed by atoms with E-state index in [9.17, 15) is 14.7 Å². The Kier molecular flexibility index (Phi) is 7.20. The third-order valence-electron chi connectivity index (χ3n) is 5.65. The Morgan fingerprint density at radius 3 is 2.14 bits per heavy atom. The van der Waals surface area contributed by atoms with E-state index < -0.39 is 17.7 Å². The molecule has 0 bridgehead atoms. The number of hydrogen-bond donors (Lipinski definition) is 1. The fraction of sp³-hybridized carbons (Fsp3) is 0.241. The van der Waals surface area contributed by atoms with Crippen LogP contribution in [0, 0.1) is 0 Å². The van der Waals surface area contributed by atoms with Gasteiger partial charge in [0.25, 0.3) is 11.7 Å². The van der Waals surface area contributed by atoms with Crippen molar-refractivity contribution in [2.75, 3.05) is 11.5 Å². The number of benzene rings is 3. The van der Waals surface area contributed by atoms with Gasteiger partial charge >= 0.3 is 0 Å². The minimum Gasteiger partial charge on any atom is -0.507 e. The van der Waals surface area contributed by atoms with Crippen LogP contribution in [-0.4, -0.2) is 29.5 Å². The molecule has 0 saturated carbocycles. The zero-order valence-corrected chi connectivity index (χ0v) is 20.1. The Labute approximate surface area is 205 Å². The van der Waals surface area contributed by atoms with Crippen molar-refractivity contribution in [3.05, 3.63) is 95.6 Å². The molecule has 1 unspecified atom stereocenters. The average Bonchev–Trinajstić information content (AvgIpc) is 3.13. The van der Waals surface area contributed by atoms with Crippen molar-refractivity contribution in [2.24, 2.45) is 0 Å². The number of anilines is 1. The van der Waals surface area contributed by atoms with Crippen LogP contribution in [0.25, 0.3) is 5.76 Å². The fourth-order valence-corrected chi connectivity index (χ4v) is 4.09. The summed E-state index contributed by atoms with van der Waals surface area (Å²) in [5.41, 5.74) is 1.75. The van der Waals surface area contributed by atoms with Crippen LogP contribution in [0.15, 0.2) is 84.4 Å². The summed E-state index contributed by atoms with van der Waals surface area (Å²) in [5.74, 6) is -0.304. The molecule has 6 heteroatoms. The minimum absolute atomic E-state index is 0.0122. The number of hydrogen-bond acceptors (Lipinski definition) is 5. The van der Waals surface area contributed by atoms with Crippen LogP contribution >= 0.6 is 0 Å². The van der Waals surface area contributed by atoms with Gasteiger partial charge in [0.05, 0.1) is 24.3 Å². The molecule has 1 aliphatic heterocycles. The Hall–Kier alpha value is -4.06. The van der Waals surface area contributed by atoms with Gasteiger partial charge < -0.3 is 14.6 Å². The number of Topliss-reactive ketones (excluding diaryl/α,β-unsaturated/α-hetero) is 1. The molecule has 1 heterocycles. The summed E-state index contributed by atoms with van der Waals surface area (Å²) >= 11 is 0. The molecule has 0 aromatic heterocycles. The van der Waals surface area contributed by atoms with Crippen molar-refractivity contribution in [1.29, 1.82) is 0 Å². The number of aliphatic hydroxyl groups is 1. The highest BCUT2D eigenvalue weighted by Crippen LogP contribution is 2.42. The fourth-order valence-electron chi connectivity index (χ4n) is 4.09. The lowest BCUT2D eigenvalue weighted by Gasteiger charge is -2.25. The van der Waals surface area contributed by atoms with Gasteiger partial charge in [-0.15, -0.1) is 0 Å². The molecule has 35 heavy (non-hydrogen) atoms. The second kappa shape index (κ2) is 10.5. The van der Waals surface area contributed by atoms with Gasteiger partial charge in [0.15, 0.2) is 0 Å². The first-order chi connectivity index (χ1) is 16.9. The Balaban J connectivity index is 1.78. The van der Waals surface area contributed by atoms with Crippen LogP contribution in [0.1, 0.15) is 44.4 Å². The monoisotopic (exact) mass is 471 g/mol. The van der Waals surface area contributed by atoms with E-state index in [2.05, 4.69) is 0 Å². The molecule has 1 N–H and O–H groups in total. The van der Waals surface area contributed by atoms with E-state index in [0.29, 0.717) is 29.4 Å². The molecular formula is C29H29NO5. The summed E-state index contributed by atoms with van der Waals surface area (Å²) in [4.78, 5) is 27.9. The van der Waals surface area contributed by atoms with Crippen molar-refractivity contribution < 1.29 is 24.2 Å². The topological polar surface area (TPSA) is 76.1 Å². The Morgan fingerprint density at radius 2 is 1.54 bits per heavy atom. The number of carbonyl (C=O) groups is 2. The van der Waals surface area contributed by atoms with Crippen molar-refractivity contribution in [3.63, 3.8) is 0 Å². The van der Waals surface area contributed by atoms with Gasteiger partial charge in [-0.05, 0) is 74.4 Å². The molecule has 180 valence electrons. The summed E-state index contributed by atoms with van der Waals surface area (Å²) < 4.78 is 11.3. The van der Waals surface area contributed by atoms with E-state index in [4.69, 9.17) is 9.47 Å². The summed E-state index contributed by atoms with van der Waals surface area (Å²) in [6.45, 7) is 6.48. The van der Waals surface area contributed by atoms with E-state index in [1.165, 1.54) is 4.90 Å². The highest BCUT2D eigenvalue weighted by molar-refractivity contribution is 6.51. The van der Waals surface area contributed by atoms with Crippen molar-refractivity contribution in [2.45, 2.75) is 39.3 Å². The molecule has 0 aliphatic carbocycles. The summed E-state index contributed by atoms with van der Waals surface area (Å²) in [6.07, 6.45) is 0.894. The standard InChI is InChI=1S/C29H29NO5/c1-4-18-34-23-14-10-21(11-15-23)27(31)25-26(20-8-6-5-7-9-20)30(29(33)28(25)32)22-12-16-24(17-13-22)35-19(2)3/h5-17,19,26,31H,4,18H2,1-3H3/b27-25+. The molecule has 1 atom stereocenters. The average molecular weight is 472 g/mol. The van der Waals surface area contributed by atoms with Gasteiger partial charge in [0.2, 0.25) is 0 Å². The SMILES string of the molecule is CCCOc1ccc(/C(O)=C2\C(=O)C(=O)N(c3ccc(OC(C)C)cc3)C2c2ccccc2)cc1. The molecular weight excluding hydrogens is 442 g/mol. The smallest absolute Gasteiger partial charge is 0.300 e. The van der Waals surface area contributed by atoms with Gasteiger partial charge in [0.1, 0.15) is 17.3 Å². The number of ether oxygens (including phenoxy) is 2. The van der Waals surface area contributed by atoms with Crippen LogP contribution in [0.5, 0.6) is 11.5 Å². The minimum atomic E-state index is -0.774. The van der Waals surface area contributed by atoms with Crippen molar-refractivity contribution >= 4 is 23.1 Å². The first-order valence-corrected chi connectivity index (χ1v) is 11.8. The first kappa shape index (κ1) is 24.1. The first-order valence-electron chi connectivity index (χ1n) is 11.8. The molecule has 1 amide bonds. The maximum Gasteiger partial charge on any atom is 0.300 e. The van der Waals surface area contributed by atoms with E-state index in [1.54, 1.807) is 48.5 Å². The molecule has 6 nitrogen and oxygen atoms in total. The molecule has 3 aromatic carbocycles. The number of amides is 1. The maximum atomic E-state index is 13.3.